The van der Waals surface area contributed by atoms with Crippen LogP contribution < -0.4 is 14.8 Å². The molecule has 2 N–H and O–H groups in total. The van der Waals surface area contributed by atoms with Crippen LogP contribution in [0.3, 0.4) is 0 Å². The highest BCUT2D eigenvalue weighted by Crippen LogP contribution is 2.23. The fraction of sp³-hybridized carbons (Fsp3) is 0.375. The molecule has 0 radical (unpaired) electrons. The summed E-state index contributed by atoms with van der Waals surface area (Å²) in [6.07, 6.45) is 1.43. The Balaban J connectivity index is 1.53. The average molecular weight is 581 g/mol. The molecular formula is C32H40N2O6S. The van der Waals surface area contributed by atoms with Gasteiger partial charge in [0.1, 0.15) is 23.9 Å². The molecule has 8 nitrogen and oxygen atoms in total. The van der Waals surface area contributed by atoms with Crippen molar-refractivity contribution in [2.45, 2.75) is 39.2 Å². The molecule has 3 aromatic carbocycles. The second-order valence-electron chi connectivity index (χ2n) is 9.30. The van der Waals surface area contributed by atoms with Gasteiger partial charge in [-0.3, -0.25) is 0 Å². The Hall–Kier alpha value is -3.69. The van der Waals surface area contributed by atoms with Crippen LogP contribution >= 0.6 is 11.8 Å². The standard InChI is InChI=1S/C32H40N2O6S/c1-3-22-41-23-8-19-34(20-21-39-27-15-11-25(12-16-27)24-30(31(35)36)38-4-2)32(37)33-26-13-17-29(18-14-26)40-28-9-6-5-7-10-28/h5-7,9-18,30H,3-4,8,19-24H2,1-2H3,(H,33,37)(H,35,36). The van der Waals surface area contributed by atoms with Crippen LogP contribution in [0.25, 0.3) is 0 Å². The third kappa shape index (κ3) is 11.8. The molecule has 41 heavy (non-hydrogen) atoms. The van der Waals surface area contributed by atoms with Gasteiger partial charge in [0, 0.05) is 25.3 Å². The summed E-state index contributed by atoms with van der Waals surface area (Å²) in [6, 6.07) is 24.0. The Morgan fingerprint density at radius 3 is 2.22 bits per heavy atom. The lowest BCUT2D eigenvalue weighted by molar-refractivity contribution is -0.149. The van der Waals surface area contributed by atoms with Crippen LogP contribution in [0.1, 0.15) is 32.3 Å². The molecule has 0 spiro atoms. The maximum absolute atomic E-state index is 13.2. The van der Waals surface area contributed by atoms with Gasteiger partial charge in [0.25, 0.3) is 0 Å². The van der Waals surface area contributed by atoms with E-state index in [9.17, 15) is 14.7 Å². The Kier molecular flexibility index (Phi) is 13.9. The van der Waals surface area contributed by atoms with Gasteiger partial charge in [-0.2, -0.15) is 11.8 Å². The third-order valence-corrected chi connectivity index (χ3v) is 7.33. The lowest BCUT2D eigenvalue weighted by atomic mass is 10.1. The second kappa shape index (κ2) is 17.9. The number of thioether (sulfide) groups is 1. The van der Waals surface area contributed by atoms with Gasteiger partial charge in [-0.1, -0.05) is 37.3 Å². The molecule has 2 amide bonds. The predicted octanol–water partition coefficient (Wildman–Crippen LogP) is 6.96. The molecule has 0 bridgehead atoms. The molecule has 0 aromatic heterocycles. The van der Waals surface area contributed by atoms with E-state index in [1.54, 1.807) is 11.8 Å². The monoisotopic (exact) mass is 580 g/mol. The number of hydrogen-bond donors (Lipinski definition) is 2. The number of amides is 2. The van der Waals surface area contributed by atoms with E-state index in [0.717, 1.165) is 35.7 Å². The van der Waals surface area contributed by atoms with E-state index in [2.05, 4.69) is 12.2 Å². The minimum Gasteiger partial charge on any atom is -0.492 e. The highest BCUT2D eigenvalue weighted by molar-refractivity contribution is 7.99. The largest absolute Gasteiger partial charge is 0.492 e. The number of anilines is 1. The van der Waals surface area contributed by atoms with Crippen LogP contribution in [0.15, 0.2) is 78.9 Å². The summed E-state index contributed by atoms with van der Waals surface area (Å²) in [5.41, 5.74) is 1.54. The summed E-state index contributed by atoms with van der Waals surface area (Å²) in [6.45, 7) is 5.65. The Morgan fingerprint density at radius 1 is 0.878 bits per heavy atom. The van der Waals surface area contributed by atoms with E-state index in [0.29, 0.717) is 43.5 Å². The van der Waals surface area contributed by atoms with Crippen molar-refractivity contribution in [2.24, 2.45) is 0 Å². The van der Waals surface area contributed by atoms with Crippen LogP contribution in [0, 0.1) is 0 Å². The molecule has 0 saturated heterocycles. The summed E-state index contributed by atoms with van der Waals surface area (Å²) in [4.78, 5) is 26.3. The molecule has 3 aromatic rings. The van der Waals surface area contributed by atoms with E-state index >= 15 is 0 Å². The minimum atomic E-state index is -0.977. The Morgan fingerprint density at radius 2 is 1.56 bits per heavy atom. The number of nitrogens with zero attached hydrogens (tertiary/aromatic N) is 1. The highest BCUT2D eigenvalue weighted by atomic mass is 32.2. The van der Waals surface area contributed by atoms with E-state index in [-0.39, 0.29) is 12.5 Å². The molecule has 9 heteroatoms. The van der Waals surface area contributed by atoms with E-state index in [1.165, 1.54) is 0 Å². The SMILES string of the molecule is CCCSCCCN(CCOc1ccc(CC(OCC)C(=O)O)cc1)C(=O)Nc1ccc(Oc2ccccc2)cc1. The first-order chi connectivity index (χ1) is 20.0. The number of carbonyl (C=O) groups is 2. The normalized spacial score (nSPS) is 11.5. The number of carbonyl (C=O) groups excluding carboxylic acids is 1. The van der Waals surface area contributed by atoms with Gasteiger partial charge in [0.05, 0.1) is 6.54 Å². The van der Waals surface area contributed by atoms with Crippen LogP contribution in [0.2, 0.25) is 0 Å². The summed E-state index contributed by atoms with van der Waals surface area (Å²) < 4.78 is 17.1. The molecule has 0 aliphatic carbocycles. The van der Waals surface area contributed by atoms with E-state index in [4.69, 9.17) is 14.2 Å². The second-order valence-corrected chi connectivity index (χ2v) is 10.5. The van der Waals surface area contributed by atoms with E-state index in [1.807, 2.05) is 90.6 Å². The first kappa shape index (κ1) is 31.8. The Bertz CT molecular complexity index is 1180. The van der Waals surface area contributed by atoms with Gasteiger partial charge in [0.2, 0.25) is 0 Å². The van der Waals surface area contributed by atoms with Crippen molar-refractivity contribution in [1.29, 1.82) is 0 Å². The van der Waals surface area contributed by atoms with Crippen molar-refractivity contribution in [2.75, 3.05) is 43.1 Å². The smallest absolute Gasteiger partial charge is 0.333 e. The zero-order chi connectivity index (χ0) is 29.3. The molecule has 0 aliphatic heterocycles. The zero-order valence-electron chi connectivity index (χ0n) is 23.8. The van der Waals surface area contributed by atoms with Crippen molar-refractivity contribution in [1.82, 2.24) is 4.90 Å². The van der Waals surface area contributed by atoms with Gasteiger partial charge in [-0.25, -0.2) is 9.59 Å². The fourth-order valence-electron chi connectivity index (χ4n) is 3.98. The molecule has 1 unspecified atom stereocenters. The summed E-state index contributed by atoms with van der Waals surface area (Å²) >= 11 is 1.89. The molecule has 220 valence electrons. The predicted molar refractivity (Wildman–Crippen MR) is 164 cm³/mol. The lowest BCUT2D eigenvalue weighted by Crippen LogP contribution is -2.38. The number of ether oxygens (including phenoxy) is 3. The van der Waals surface area contributed by atoms with Gasteiger partial charge >= 0.3 is 12.0 Å². The fourth-order valence-corrected chi connectivity index (χ4v) is 4.81. The molecule has 1 atom stereocenters. The van der Waals surface area contributed by atoms with Crippen LogP contribution in [-0.4, -0.2) is 65.9 Å². The van der Waals surface area contributed by atoms with Crippen molar-refractivity contribution in [3.63, 3.8) is 0 Å². The number of rotatable bonds is 18. The number of nitrogens with one attached hydrogen (secondary N) is 1. The number of aliphatic carboxylic acids is 1. The molecule has 0 heterocycles. The first-order valence-electron chi connectivity index (χ1n) is 14.0. The molecule has 0 aliphatic rings. The molecule has 0 saturated carbocycles. The van der Waals surface area contributed by atoms with Crippen molar-refractivity contribution >= 4 is 29.4 Å². The first-order valence-corrected chi connectivity index (χ1v) is 15.2. The number of carboxylic acid groups (broad SMARTS) is 1. The van der Waals surface area contributed by atoms with E-state index < -0.39 is 12.1 Å². The number of benzene rings is 3. The van der Waals surface area contributed by atoms with Crippen LogP contribution in [0.5, 0.6) is 17.2 Å². The number of carboxylic acids is 1. The van der Waals surface area contributed by atoms with Crippen LogP contribution in [-0.2, 0) is 16.0 Å². The number of para-hydroxylation sites is 1. The minimum absolute atomic E-state index is 0.184. The average Bonchev–Trinajstić information content (AvgIpc) is 2.98. The highest BCUT2D eigenvalue weighted by Gasteiger charge is 2.18. The third-order valence-electron chi connectivity index (χ3n) is 6.05. The number of hydrogen-bond acceptors (Lipinski definition) is 6. The van der Waals surface area contributed by atoms with Crippen LogP contribution in [0.4, 0.5) is 10.5 Å². The maximum atomic E-state index is 13.2. The summed E-state index contributed by atoms with van der Waals surface area (Å²) in [5.74, 6) is 3.22. The lowest BCUT2D eigenvalue weighted by Gasteiger charge is -2.23. The van der Waals surface area contributed by atoms with Crippen molar-refractivity contribution < 1.29 is 28.9 Å². The van der Waals surface area contributed by atoms with Gasteiger partial charge < -0.3 is 29.5 Å². The number of urea groups is 1. The molecule has 0 fully saturated rings. The summed E-state index contributed by atoms with van der Waals surface area (Å²) in [7, 11) is 0. The van der Waals surface area contributed by atoms with Gasteiger partial charge in [-0.05, 0) is 85.4 Å². The van der Waals surface area contributed by atoms with Gasteiger partial charge in [-0.15, -0.1) is 0 Å². The quantitative estimate of drug-likeness (QED) is 0.157. The Labute approximate surface area is 247 Å². The molecule has 3 rings (SSSR count). The van der Waals surface area contributed by atoms with Crippen molar-refractivity contribution in [3.05, 3.63) is 84.4 Å². The van der Waals surface area contributed by atoms with Gasteiger partial charge in [0.15, 0.2) is 6.10 Å². The van der Waals surface area contributed by atoms with Crippen molar-refractivity contribution in [3.8, 4) is 17.2 Å². The zero-order valence-corrected chi connectivity index (χ0v) is 24.6. The topological polar surface area (TPSA) is 97.3 Å². The summed E-state index contributed by atoms with van der Waals surface area (Å²) in [5, 5.41) is 12.3. The maximum Gasteiger partial charge on any atom is 0.333 e. The molecular weight excluding hydrogens is 540 g/mol.